The quantitative estimate of drug-likeness (QED) is 0.746. The number of hydrogen-bond acceptors (Lipinski definition) is 2. The van der Waals surface area contributed by atoms with Gasteiger partial charge in [0.05, 0.1) is 6.10 Å². The van der Waals surface area contributed by atoms with Crippen molar-refractivity contribution in [2.24, 2.45) is 5.92 Å². The summed E-state index contributed by atoms with van der Waals surface area (Å²) in [5.41, 5.74) is 0. The van der Waals surface area contributed by atoms with Gasteiger partial charge in [0, 0.05) is 19.7 Å². The lowest BCUT2D eigenvalue weighted by atomic mass is 10.1. The highest BCUT2D eigenvalue weighted by Crippen LogP contribution is 2.31. The van der Waals surface area contributed by atoms with E-state index < -0.39 is 0 Å². The van der Waals surface area contributed by atoms with E-state index in [1.807, 2.05) is 0 Å². The molecule has 2 N–H and O–H groups in total. The Morgan fingerprint density at radius 3 is 2.47 bits per heavy atom. The molecule has 0 bridgehead atoms. The first-order chi connectivity index (χ1) is 8.34. The van der Waals surface area contributed by atoms with Crippen molar-refractivity contribution >= 4 is 6.03 Å². The van der Waals surface area contributed by atoms with E-state index in [9.17, 15) is 4.79 Å². The lowest BCUT2D eigenvalue weighted by molar-refractivity contribution is 0.0120. The molecule has 2 fully saturated rings. The van der Waals surface area contributed by atoms with Crippen molar-refractivity contribution in [3.8, 4) is 0 Å². The fourth-order valence-corrected chi connectivity index (χ4v) is 2.24. The lowest BCUT2D eigenvalue weighted by Gasteiger charge is -2.22. The van der Waals surface area contributed by atoms with Crippen molar-refractivity contribution in [1.82, 2.24) is 10.6 Å². The molecule has 0 aromatic carbocycles. The molecule has 1 aliphatic carbocycles. The average molecular weight is 240 g/mol. The molecular weight excluding hydrogens is 216 g/mol. The van der Waals surface area contributed by atoms with Gasteiger partial charge < -0.3 is 15.4 Å². The minimum atomic E-state index is -0.0264. The number of carbonyl (C=O) groups excluding carboxylic acids is 1. The number of hydrogen-bond donors (Lipinski definition) is 2. The van der Waals surface area contributed by atoms with Gasteiger partial charge in [-0.2, -0.15) is 0 Å². The summed E-state index contributed by atoms with van der Waals surface area (Å²) < 4.78 is 5.61. The molecule has 4 heteroatoms. The van der Waals surface area contributed by atoms with Crippen LogP contribution in [0, 0.1) is 5.92 Å². The highest BCUT2D eigenvalue weighted by molar-refractivity contribution is 5.73. The molecule has 2 rings (SSSR count). The van der Waals surface area contributed by atoms with Crippen LogP contribution in [-0.2, 0) is 4.74 Å². The first kappa shape index (κ1) is 12.7. The second-order valence-electron chi connectivity index (χ2n) is 5.19. The summed E-state index contributed by atoms with van der Waals surface area (Å²) >= 11 is 0. The minimum Gasteiger partial charge on any atom is -0.378 e. The van der Waals surface area contributed by atoms with Crippen molar-refractivity contribution < 1.29 is 9.53 Å². The number of urea groups is 1. The van der Waals surface area contributed by atoms with Crippen LogP contribution in [0.15, 0.2) is 0 Å². The maximum atomic E-state index is 11.4. The Morgan fingerprint density at radius 1 is 1.06 bits per heavy atom. The summed E-state index contributed by atoms with van der Waals surface area (Å²) in [6, 6.07) is -0.0264. The molecule has 98 valence electrons. The molecular formula is C13H24N2O2. The summed E-state index contributed by atoms with van der Waals surface area (Å²) in [7, 11) is 0. The molecule has 1 atom stereocenters. The first-order valence-electron chi connectivity index (χ1n) is 6.98. The Labute approximate surface area is 103 Å². The molecule has 0 unspecified atom stereocenters. The molecule has 2 aliphatic rings. The van der Waals surface area contributed by atoms with Gasteiger partial charge in [0.15, 0.2) is 0 Å². The van der Waals surface area contributed by atoms with Crippen LogP contribution in [0.5, 0.6) is 0 Å². The summed E-state index contributed by atoms with van der Waals surface area (Å²) in [4.78, 5) is 11.4. The summed E-state index contributed by atoms with van der Waals surface area (Å²) in [5, 5.41) is 5.79. The van der Waals surface area contributed by atoms with Gasteiger partial charge in [0.25, 0.3) is 0 Å². The van der Waals surface area contributed by atoms with E-state index in [1.165, 1.54) is 25.7 Å². The van der Waals surface area contributed by atoms with Crippen LogP contribution in [0.25, 0.3) is 0 Å². The zero-order valence-corrected chi connectivity index (χ0v) is 10.5. The SMILES string of the molecule is O=C(NCCC1CC1)NCC[C@@H]1CCCCO1. The van der Waals surface area contributed by atoms with Crippen LogP contribution >= 0.6 is 0 Å². The molecule has 2 amide bonds. The second-order valence-corrected chi connectivity index (χ2v) is 5.19. The van der Waals surface area contributed by atoms with Gasteiger partial charge in [0.1, 0.15) is 0 Å². The van der Waals surface area contributed by atoms with Crippen LogP contribution in [0.2, 0.25) is 0 Å². The lowest BCUT2D eigenvalue weighted by Crippen LogP contribution is -2.38. The average Bonchev–Trinajstić information content (AvgIpc) is 3.14. The Bertz CT molecular complexity index is 236. The van der Waals surface area contributed by atoms with E-state index in [2.05, 4.69) is 10.6 Å². The Balaban J connectivity index is 1.44. The third kappa shape index (κ3) is 5.39. The van der Waals surface area contributed by atoms with E-state index in [-0.39, 0.29) is 6.03 Å². The molecule has 0 spiro atoms. The third-order valence-electron chi connectivity index (χ3n) is 3.56. The number of rotatable bonds is 6. The van der Waals surface area contributed by atoms with E-state index >= 15 is 0 Å². The largest absolute Gasteiger partial charge is 0.378 e. The predicted octanol–water partition coefficient (Wildman–Crippen LogP) is 2.04. The topological polar surface area (TPSA) is 50.4 Å². The van der Waals surface area contributed by atoms with Gasteiger partial charge in [-0.25, -0.2) is 4.79 Å². The van der Waals surface area contributed by atoms with E-state index in [1.54, 1.807) is 0 Å². The monoisotopic (exact) mass is 240 g/mol. The van der Waals surface area contributed by atoms with Crippen LogP contribution in [0.3, 0.4) is 0 Å². The fourth-order valence-electron chi connectivity index (χ4n) is 2.24. The molecule has 4 nitrogen and oxygen atoms in total. The number of ether oxygens (including phenoxy) is 1. The third-order valence-corrected chi connectivity index (χ3v) is 3.56. The van der Waals surface area contributed by atoms with Crippen LogP contribution < -0.4 is 10.6 Å². The van der Waals surface area contributed by atoms with Crippen molar-refractivity contribution in [2.75, 3.05) is 19.7 Å². The van der Waals surface area contributed by atoms with Crippen LogP contribution in [-0.4, -0.2) is 31.8 Å². The first-order valence-corrected chi connectivity index (χ1v) is 6.98. The fraction of sp³-hybridized carbons (Fsp3) is 0.923. The summed E-state index contributed by atoms with van der Waals surface area (Å²) in [6.07, 6.45) is 8.73. The van der Waals surface area contributed by atoms with Gasteiger partial charge in [-0.1, -0.05) is 12.8 Å². The van der Waals surface area contributed by atoms with E-state index in [0.717, 1.165) is 44.9 Å². The van der Waals surface area contributed by atoms with Gasteiger partial charge in [-0.15, -0.1) is 0 Å². The van der Waals surface area contributed by atoms with E-state index in [0.29, 0.717) is 6.10 Å². The highest BCUT2D eigenvalue weighted by Gasteiger charge is 2.20. The van der Waals surface area contributed by atoms with Crippen molar-refractivity contribution in [3.63, 3.8) is 0 Å². The number of amides is 2. The van der Waals surface area contributed by atoms with Crippen molar-refractivity contribution in [2.45, 2.75) is 51.0 Å². The molecule has 1 heterocycles. The molecule has 17 heavy (non-hydrogen) atoms. The molecule has 0 radical (unpaired) electrons. The Morgan fingerprint density at radius 2 is 1.82 bits per heavy atom. The Kier molecular flexibility index (Phi) is 5.10. The van der Waals surface area contributed by atoms with Crippen molar-refractivity contribution in [1.29, 1.82) is 0 Å². The Hall–Kier alpha value is -0.770. The smallest absolute Gasteiger partial charge is 0.314 e. The minimum absolute atomic E-state index is 0.0264. The number of nitrogens with one attached hydrogen (secondary N) is 2. The van der Waals surface area contributed by atoms with Gasteiger partial charge in [-0.05, 0) is 38.0 Å². The zero-order chi connectivity index (χ0) is 11.9. The van der Waals surface area contributed by atoms with Crippen LogP contribution in [0.4, 0.5) is 4.79 Å². The van der Waals surface area contributed by atoms with Crippen LogP contribution in [0.1, 0.15) is 44.9 Å². The second kappa shape index (κ2) is 6.84. The normalized spacial score (nSPS) is 24.4. The molecule has 0 aromatic rings. The molecule has 1 aliphatic heterocycles. The summed E-state index contributed by atoms with van der Waals surface area (Å²) in [6.45, 7) is 2.43. The van der Waals surface area contributed by atoms with E-state index in [4.69, 9.17) is 4.74 Å². The van der Waals surface area contributed by atoms with Crippen molar-refractivity contribution in [3.05, 3.63) is 0 Å². The van der Waals surface area contributed by atoms with Gasteiger partial charge >= 0.3 is 6.03 Å². The summed E-state index contributed by atoms with van der Waals surface area (Å²) in [5.74, 6) is 0.880. The zero-order valence-electron chi connectivity index (χ0n) is 10.5. The standard InChI is InChI=1S/C13H24N2O2/c16-13(14-8-6-11-4-5-11)15-9-7-12-3-1-2-10-17-12/h11-12H,1-10H2,(H2,14,15,16)/t12-/m0/s1. The molecule has 0 aromatic heterocycles. The highest BCUT2D eigenvalue weighted by atomic mass is 16.5. The molecule has 1 saturated carbocycles. The predicted molar refractivity (Wildman–Crippen MR) is 67.0 cm³/mol. The van der Waals surface area contributed by atoms with Gasteiger partial charge in [-0.3, -0.25) is 0 Å². The molecule has 1 saturated heterocycles. The maximum absolute atomic E-state index is 11.4. The number of carbonyl (C=O) groups is 1. The maximum Gasteiger partial charge on any atom is 0.314 e. The van der Waals surface area contributed by atoms with Gasteiger partial charge in [0.2, 0.25) is 0 Å².